The Morgan fingerprint density at radius 3 is 2.73 bits per heavy atom. The molecule has 0 saturated carbocycles. The number of anilines is 1. The number of rotatable bonds is 5. The number of benzene rings is 2. The van der Waals surface area contributed by atoms with Crippen LogP contribution >= 0.6 is 27.5 Å². The Kier molecular flexibility index (Phi) is 5.98. The Labute approximate surface area is 142 Å². The van der Waals surface area contributed by atoms with Gasteiger partial charge in [-0.25, -0.2) is 0 Å². The summed E-state index contributed by atoms with van der Waals surface area (Å²) < 4.78 is 0.825. The van der Waals surface area contributed by atoms with Crippen molar-refractivity contribution in [2.24, 2.45) is 5.16 Å². The van der Waals surface area contributed by atoms with Gasteiger partial charge in [0, 0.05) is 9.50 Å². The van der Waals surface area contributed by atoms with Crippen LogP contribution in [-0.4, -0.2) is 18.7 Å². The SMILES string of the molecule is Cc1ccc(NC(=O)CO/N=C\c2ccc(Cl)cc2)c(Br)c1. The number of halogens is 2. The lowest BCUT2D eigenvalue weighted by Crippen LogP contribution is -2.17. The molecule has 0 fully saturated rings. The molecule has 2 rings (SSSR count). The molecule has 2 aromatic rings. The third-order valence-corrected chi connectivity index (χ3v) is 3.65. The number of nitrogens with one attached hydrogen (secondary N) is 1. The van der Waals surface area contributed by atoms with Crippen LogP contribution in [0.4, 0.5) is 5.69 Å². The molecule has 0 aromatic heterocycles. The fraction of sp³-hybridized carbons (Fsp3) is 0.125. The Hall–Kier alpha value is -1.85. The maximum Gasteiger partial charge on any atom is 0.265 e. The molecule has 0 atom stereocenters. The number of carbonyl (C=O) groups is 1. The highest BCUT2D eigenvalue weighted by Crippen LogP contribution is 2.23. The van der Waals surface area contributed by atoms with E-state index in [-0.39, 0.29) is 12.5 Å². The first-order valence-corrected chi connectivity index (χ1v) is 7.68. The molecule has 1 amide bonds. The van der Waals surface area contributed by atoms with Crippen LogP contribution in [0.2, 0.25) is 5.02 Å². The van der Waals surface area contributed by atoms with Crippen molar-refractivity contribution in [2.75, 3.05) is 11.9 Å². The molecule has 1 N–H and O–H groups in total. The molecule has 0 aliphatic rings. The molecule has 0 spiro atoms. The van der Waals surface area contributed by atoms with Crippen molar-refractivity contribution in [3.05, 3.63) is 63.1 Å². The molecule has 0 aliphatic heterocycles. The lowest BCUT2D eigenvalue weighted by atomic mass is 10.2. The molecule has 0 unspecified atom stereocenters. The quantitative estimate of drug-likeness (QED) is 0.616. The summed E-state index contributed by atoms with van der Waals surface area (Å²) in [7, 11) is 0. The van der Waals surface area contributed by atoms with Crippen molar-refractivity contribution in [1.29, 1.82) is 0 Å². The predicted molar refractivity (Wildman–Crippen MR) is 92.5 cm³/mol. The molecule has 0 radical (unpaired) electrons. The Balaban J connectivity index is 1.81. The summed E-state index contributed by atoms with van der Waals surface area (Å²) in [4.78, 5) is 16.7. The number of hydrogen-bond acceptors (Lipinski definition) is 3. The van der Waals surface area contributed by atoms with Crippen LogP contribution in [0.15, 0.2) is 52.1 Å². The van der Waals surface area contributed by atoms with Crippen LogP contribution in [0.5, 0.6) is 0 Å². The van der Waals surface area contributed by atoms with E-state index in [0.717, 1.165) is 15.6 Å². The van der Waals surface area contributed by atoms with E-state index < -0.39 is 0 Å². The minimum absolute atomic E-state index is 0.162. The normalized spacial score (nSPS) is 10.7. The molecule has 4 nitrogen and oxygen atoms in total. The molecule has 0 saturated heterocycles. The van der Waals surface area contributed by atoms with Crippen LogP contribution in [0.25, 0.3) is 0 Å². The van der Waals surface area contributed by atoms with E-state index in [1.54, 1.807) is 24.3 Å². The molecule has 2 aromatic carbocycles. The van der Waals surface area contributed by atoms with Crippen LogP contribution in [0.3, 0.4) is 0 Å². The maximum absolute atomic E-state index is 11.8. The second-order valence-electron chi connectivity index (χ2n) is 4.59. The second kappa shape index (κ2) is 7.96. The molecule has 0 bridgehead atoms. The summed E-state index contributed by atoms with van der Waals surface area (Å²) in [6, 6.07) is 12.8. The van der Waals surface area contributed by atoms with Crippen molar-refractivity contribution >= 4 is 45.3 Å². The zero-order valence-corrected chi connectivity index (χ0v) is 14.2. The van der Waals surface area contributed by atoms with Crippen molar-refractivity contribution < 1.29 is 9.63 Å². The molecular formula is C16H14BrClN2O2. The Morgan fingerprint density at radius 2 is 2.05 bits per heavy atom. The molecule has 6 heteroatoms. The summed E-state index contributed by atoms with van der Waals surface area (Å²) in [6.07, 6.45) is 1.52. The van der Waals surface area contributed by atoms with Crippen LogP contribution in [0, 0.1) is 6.92 Å². The Morgan fingerprint density at radius 1 is 1.32 bits per heavy atom. The number of amides is 1. The molecule has 0 aliphatic carbocycles. The van der Waals surface area contributed by atoms with Gasteiger partial charge in [0.25, 0.3) is 5.91 Å². The van der Waals surface area contributed by atoms with Gasteiger partial charge in [-0.1, -0.05) is 35.0 Å². The van der Waals surface area contributed by atoms with Gasteiger partial charge in [0.1, 0.15) is 0 Å². The van der Waals surface area contributed by atoms with Crippen molar-refractivity contribution in [1.82, 2.24) is 0 Å². The summed E-state index contributed by atoms with van der Waals surface area (Å²) in [6.45, 7) is 1.81. The predicted octanol–water partition coefficient (Wildman–Crippen LogP) is 4.40. The zero-order chi connectivity index (χ0) is 15.9. The van der Waals surface area contributed by atoms with E-state index in [2.05, 4.69) is 26.4 Å². The number of oxime groups is 1. The third kappa shape index (κ3) is 5.16. The highest BCUT2D eigenvalue weighted by molar-refractivity contribution is 9.10. The molecule has 22 heavy (non-hydrogen) atoms. The highest BCUT2D eigenvalue weighted by atomic mass is 79.9. The number of carbonyl (C=O) groups excluding carboxylic acids is 1. The second-order valence-corrected chi connectivity index (χ2v) is 5.88. The standard InChI is InChI=1S/C16H14BrClN2O2/c1-11-2-7-15(14(17)8-11)20-16(21)10-22-19-9-12-3-5-13(18)6-4-12/h2-9H,10H2,1H3,(H,20,21)/b19-9-. The van der Waals surface area contributed by atoms with Gasteiger partial charge in [-0.15, -0.1) is 0 Å². The van der Waals surface area contributed by atoms with Gasteiger partial charge in [0.05, 0.1) is 11.9 Å². The summed E-state index contributed by atoms with van der Waals surface area (Å²) in [5.74, 6) is -0.280. The highest BCUT2D eigenvalue weighted by Gasteiger charge is 2.05. The van der Waals surface area contributed by atoms with E-state index in [4.69, 9.17) is 16.4 Å². The first kappa shape index (κ1) is 16.5. The molecule has 0 heterocycles. The molecule has 114 valence electrons. The van der Waals surface area contributed by atoms with E-state index >= 15 is 0 Å². The molecular weight excluding hydrogens is 368 g/mol. The summed E-state index contributed by atoms with van der Waals surface area (Å²) >= 11 is 9.18. The number of hydrogen-bond donors (Lipinski definition) is 1. The minimum Gasteiger partial charge on any atom is -0.386 e. The first-order chi connectivity index (χ1) is 10.5. The minimum atomic E-state index is -0.280. The van der Waals surface area contributed by atoms with Gasteiger partial charge in [-0.05, 0) is 58.2 Å². The maximum atomic E-state index is 11.8. The van der Waals surface area contributed by atoms with Gasteiger partial charge in [0.15, 0.2) is 6.61 Å². The van der Waals surface area contributed by atoms with Crippen LogP contribution in [0.1, 0.15) is 11.1 Å². The van der Waals surface area contributed by atoms with Gasteiger partial charge >= 0.3 is 0 Å². The third-order valence-electron chi connectivity index (χ3n) is 2.74. The van der Waals surface area contributed by atoms with Crippen LogP contribution in [-0.2, 0) is 9.63 Å². The van der Waals surface area contributed by atoms with Gasteiger partial charge < -0.3 is 10.2 Å². The average Bonchev–Trinajstić information content (AvgIpc) is 2.48. The van der Waals surface area contributed by atoms with E-state index in [9.17, 15) is 4.79 Å². The summed E-state index contributed by atoms with van der Waals surface area (Å²) in [5.41, 5.74) is 2.64. The zero-order valence-electron chi connectivity index (χ0n) is 11.8. The fourth-order valence-corrected chi connectivity index (χ4v) is 2.37. The Bertz CT molecular complexity index is 687. The van der Waals surface area contributed by atoms with Crippen molar-refractivity contribution in [3.63, 3.8) is 0 Å². The first-order valence-electron chi connectivity index (χ1n) is 6.51. The largest absolute Gasteiger partial charge is 0.386 e. The smallest absolute Gasteiger partial charge is 0.265 e. The van der Waals surface area contributed by atoms with E-state index in [1.165, 1.54) is 6.21 Å². The van der Waals surface area contributed by atoms with E-state index in [1.807, 2.05) is 25.1 Å². The average molecular weight is 382 g/mol. The fourth-order valence-electron chi connectivity index (χ4n) is 1.65. The lowest BCUT2D eigenvalue weighted by Gasteiger charge is -2.07. The monoisotopic (exact) mass is 380 g/mol. The number of aryl methyl sites for hydroxylation is 1. The lowest BCUT2D eigenvalue weighted by molar-refractivity contribution is -0.120. The van der Waals surface area contributed by atoms with Crippen LogP contribution < -0.4 is 5.32 Å². The van der Waals surface area contributed by atoms with E-state index in [0.29, 0.717) is 10.7 Å². The van der Waals surface area contributed by atoms with Gasteiger partial charge in [-0.2, -0.15) is 0 Å². The van der Waals surface area contributed by atoms with Crippen molar-refractivity contribution in [3.8, 4) is 0 Å². The van der Waals surface area contributed by atoms with Gasteiger partial charge in [-0.3, -0.25) is 4.79 Å². The van der Waals surface area contributed by atoms with Crippen molar-refractivity contribution in [2.45, 2.75) is 6.92 Å². The topological polar surface area (TPSA) is 50.7 Å². The van der Waals surface area contributed by atoms with Gasteiger partial charge in [0.2, 0.25) is 0 Å². The summed E-state index contributed by atoms with van der Waals surface area (Å²) in [5, 5.41) is 7.14. The number of nitrogens with zero attached hydrogens (tertiary/aromatic N) is 1.